The minimum Gasteiger partial charge on any atom is -0.493 e. The number of benzene rings is 1. The van der Waals surface area contributed by atoms with Crippen molar-refractivity contribution in [3.63, 3.8) is 0 Å². The fourth-order valence-corrected chi connectivity index (χ4v) is 4.61. The molecule has 2 saturated heterocycles. The van der Waals surface area contributed by atoms with Gasteiger partial charge in [-0.05, 0) is 18.9 Å². The molecule has 0 unspecified atom stereocenters. The first-order valence-electron chi connectivity index (χ1n) is 8.88. The molecule has 1 spiro atoms. The van der Waals surface area contributed by atoms with E-state index in [0.29, 0.717) is 5.92 Å². The van der Waals surface area contributed by atoms with Gasteiger partial charge in [0.1, 0.15) is 5.60 Å². The molecular formula is C19H25NO4. The van der Waals surface area contributed by atoms with Gasteiger partial charge in [-0.25, -0.2) is 0 Å². The molecule has 1 aromatic carbocycles. The number of fused-ring (bicyclic) bond motifs is 4. The molecule has 2 fully saturated rings. The molecule has 3 heterocycles. The number of nitrogens with zero attached hydrogens (tertiary/aromatic N) is 1. The highest BCUT2D eigenvalue weighted by atomic mass is 16.5. The van der Waals surface area contributed by atoms with E-state index in [9.17, 15) is 4.79 Å². The number of rotatable bonds is 1. The molecule has 130 valence electrons. The Morgan fingerprint density at radius 1 is 1.33 bits per heavy atom. The van der Waals surface area contributed by atoms with Crippen LogP contribution in [0.3, 0.4) is 0 Å². The van der Waals surface area contributed by atoms with Crippen molar-refractivity contribution in [1.82, 2.24) is 4.90 Å². The van der Waals surface area contributed by atoms with Gasteiger partial charge in [-0.2, -0.15) is 0 Å². The van der Waals surface area contributed by atoms with Crippen molar-refractivity contribution in [1.29, 1.82) is 0 Å². The highest BCUT2D eigenvalue weighted by Crippen LogP contribution is 2.55. The fraction of sp³-hybridized carbons (Fsp3) is 0.632. The molecular weight excluding hydrogens is 306 g/mol. The topological polar surface area (TPSA) is 48.0 Å². The lowest BCUT2D eigenvalue weighted by atomic mass is 9.70. The van der Waals surface area contributed by atoms with Crippen LogP contribution in [0.2, 0.25) is 0 Å². The SMILES string of the molecule is COc1cccc2c1OC1(CCN(C(C)=O)CC1)[C@H]1CCCO[C@H]21. The average Bonchev–Trinajstić information content (AvgIpc) is 2.62. The van der Waals surface area contributed by atoms with Gasteiger partial charge in [0.2, 0.25) is 5.91 Å². The van der Waals surface area contributed by atoms with Gasteiger partial charge in [0.05, 0.1) is 13.2 Å². The lowest BCUT2D eigenvalue weighted by molar-refractivity contribution is -0.156. The Kier molecular flexibility index (Phi) is 3.91. The Hall–Kier alpha value is -1.75. The zero-order chi connectivity index (χ0) is 16.7. The van der Waals surface area contributed by atoms with Crippen LogP contribution in [0.5, 0.6) is 11.5 Å². The highest BCUT2D eigenvalue weighted by Gasteiger charge is 2.53. The molecule has 2 atom stereocenters. The molecule has 0 radical (unpaired) electrons. The summed E-state index contributed by atoms with van der Waals surface area (Å²) in [6.07, 6.45) is 3.97. The molecule has 0 saturated carbocycles. The van der Waals surface area contributed by atoms with Gasteiger partial charge in [-0.3, -0.25) is 4.79 Å². The van der Waals surface area contributed by atoms with E-state index in [1.165, 1.54) is 0 Å². The van der Waals surface area contributed by atoms with Crippen LogP contribution >= 0.6 is 0 Å². The lowest BCUT2D eigenvalue weighted by Gasteiger charge is -2.53. The molecule has 24 heavy (non-hydrogen) atoms. The van der Waals surface area contributed by atoms with E-state index in [4.69, 9.17) is 14.2 Å². The fourth-order valence-electron chi connectivity index (χ4n) is 4.61. The number of ether oxygens (including phenoxy) is 3. The molecule has 4 rings (SSSR count). The number of likely N-dealkylation sites (tertiary alicyclic amines) is 1. The summed E-state index contributed by atoms with van der Waals surface area (Å²) in [6.45, 7) is 3.95. The van der Waals surface area contributed by atoms with Crippen molar-refractivity contribution in [2.24, 2.45) is 5.92 Å². The standard InChI is InChI=1S/C19H25NO4/c1-13(21)20-10-8-19(9-11-20)15-6-4-12-23-17(15)14-5-3-7-16(22-2)18(14)24-19/h3,5,7,15,17H,4,6,8-12H2,1-2H3/t15-,17+/m0/s1. The van der Waals surface area contributed by atoms with Gasteiger partial charge in [0.25, 0.3) is 0 Å². The summed E-state index contributed by atoms with van der Waals surface area (Å²) in [4.78, 5) is 13.6. The molecule has 3 aliphatic rings. The normalized spacial score (nSPS) is 27.8. The van der Waals surface area contributed by atoms with E-state index in [2.05, 4.69) is 6.07 Å². The number of hydrogen-bond acceptors (Lipinski definition) is 4. The van der Waals surface area contributed by atoms with Crippen LogP contribution < -0.4 is 9.47 Å². The van der Waals surface area contributed by atoms with E-state index in [1.807, 2.05) is 17.0 Å². The van der Waals surface area contributed by atoms with Crippen molar-refractivity contribution in [2.75, 3.05) is 26.8 Å². The highest BCUT2D eigenvalue weighted by molar-refractivity contribution is 5.73. The molecule has 3 aliphatic heterocycles. The second-order valence-corrected chi connectivity index (χ2v) is 7.09. The van der Waals surface area contributed by atoms with E-state index in [0.717, 1.165) is 62.4 Å². The first-order chi connectivity index (χ1) is 11.6. The second kappa shape index (κ2) is 5.96. The Balaban J connectivity index is 1.72. The van der Waals surface area contributed by atoms with Crippen LogP contribution in [0.15, 0.2) is 18.2 Å². The number of amides is 1. The van der Waals surface area contributed by atoms with Gasteiger partial charge < -0.3 is 19.1 Å². The van der Waals surface area contributed by atoms with E-state index >= 15 is 0 Å². The number of hydrogen-bond donors (Lipinski definition) is 0. The maximum absolute atomic E-state index is 11.7. The third-order valence-corrected chi connectivity index (χ3v) is 5.89. The first-order valence-corrected chi connectivity index (χ1v) is 8.88. The van der Waals surface area contributed by atoms with Crippen LogP contribution in [-0.4, -0.2) is 43.2 Å². The number of carbonyl (C=O) groups is 1. The third kappa shape index (κ3) is 2.37. The molecule has 1 aromatic rings. The van der Waals surface area contributed by atoms with Gasteiger partial charge in [0, 0.05) is 50.9 Å². The Labute approximate surface area is 142 Å². The monoisotopic (exact) mass is 331 g/mol. The van der Waals surface area contributed by atoms with E-state index in [-0.39, 0.29) is 17.6 Å². The summed E-state index contributed by atoms with van der Waals surface area (Å²) >= 11 is 0. The summed E-state index contributed by atoms with van der Waals surface area (Å²) in [5.41, 5.74) is 0.859. The van der Waals surface area contributed by atoms with Gasteiger partial charge in [-0.1, -0.05) is 12.1 Å². The summed E-state index contributed by atoms with van der Waals surface area (Å²) in [5.74, 6) is 2.10. The van der Waals surface area contributed by atoms with Crippen LogP contribution in [0, 0.1) is 5.92 Å². The lowest BCUT2D eigenvalue weighted by Crippen LogP contribution is -2.57. The number of piperidine rings is 1. The second-order valence-electron chi connectivity index (χ2n) is 7.09. The molecule has 0 N–H and O–H groups in total. The Morgan fingerprint density at radius 2 is 2.12 bits per heavy atom. The van der Waals surface area contributed by atoms with Crippen molar-refractivity contribution in [2.45, 2.75) is 44.3 Å². The third-order valence-electron chi connectivity index (χ3n) is 5.89. The predicted molar refractivity (Wildman–Crippen MR) is 89.3 cm³/mol. The van der Waals surface area contributed by atoms with Gasteiger partial charge in [0.15, 0.2) is 11.5 Å². The zero-order valence-electron chi connectivity index (χ0n) is 14.4. The summed E-state index contributed by atoms with van der Waals surface area (Å²) in [5, 5.41) is 0. The van der Waals surface area contributed by atoms with Crippen LogP contribution in [-0.2, 0) is 9.53 Å². The minimum absolute atomic E-state index is 0.0708. The van der Waals surface area contributed by atoms with Gasteiger partial charge >= 0.3 is 0 Å². The van der Waals surface area contributed by atoms with Crippen molar-refractivity contribution in [3.05, 3.63) is 23.8 Å². The molecule has 5 nitrogen and oxygen atoms in total. The van der Waals surface area contributed by atoms with Crippen LogP contribution in [0.4, 0.5) is 0 Å². The quantitative estimate of drug-likeness (QED) is 0.794. The van der Waals surface area contributed by atoms with Crippen LogP contribution in [0.1, 0.15) is 44.3 Å². The summed E-state index contributed by atoms with van der Waals surface area (Å²) in [6, 6.07) is 6.05. The zero-order valence-corrected chi connectivity index (χ0v) is 14.4. The molecule has 0 aromatic heterocycles. The molecule has 1 amide bonds. The Morgan fingerprint density at radius 3 is 2.83 bits per heavy atom. The smallest absolute Gasteiger partial charge is 0.219 e. The number of carbonyl (C=O) groups excluding carboxylic acids is 1. The largest absolute Gasteiger partial charge is 0.493 e. The Bertz CT molecular complexity index is 636. The molecule has 0 aliphatic carbocycles. The van der Waals surface area contributed by atoms with Gasteiger partial charge in [-0.15, -0.1) is 0 Å². The first kappa shape index (κ1) is 15.8. The van der Waals surface area contributed by atoms with Crippen molar-refractivity contribution < 1.29 is 19.0 Å². The number of methoxy groups -OCH3 is 1. The molecule has 5 heteroatoms. The minimum atomic E-state index is -0.251. The average molecular weight is 331 g/mol. The van der Waals surface area contributed by atoms with Crippen molar-refractivity contribution in [3.8, 4) is 11.5 Å². The summed E-state index contributed by atoms with van der Waals surface area (Å²) in [7, 11) is 1.68. The summed E-state index contributed by atoms with van der Waals surface area (Å²) < 4.78 is 18.4. The van der Waals surface area contributed by atoms with Crippen LogP contribution in [0.25, 0.3) is 0 Å². The van der Waals surface area contributed by atoms with E-state index in [1.54, 1.807) is 14.0 Å². The molecule has 0 bridgehead atoms. The predicted octanol–water partition coefficient (Wildman–Crippen LogP) is 2.94. The number of para-hydroxylation sites is 1. The van der Waals surface area contributed by atoms with E-state index < -0.39 is 0 Å². The maximum Gasteiger partial charge on any atom is 0.219 e. The van der Waals surface area contributed by atoms with Crippen molar-refractivity contribution >= 4 is 5.91 Å². The maximum atomic E-state index is 11.7.